The van der Waals surface area contributed by atoms with Crippen molar-refractivity contribution in [3.63, 3.8) is 0 Å². The summed E-state index contributed by atoms with van der Waals surface area (Å²) in [6.07, 6.45) is 3.04. The molecule has 5 nitrogen and oxygen atoms in total. The van der Waals surface area contributed by atoms with Gasteiger partial charge in [0.25, 0.3) is 0 Å². The average molecular weight is 345 g/mol. The van der Waals surface area contributed by atoms with Crippen molar-refractivity contribution in [3.05, 3.63) is 64.7 Å². The number of carbonyl (C=O) groups is 2. The SMILES string of the molecule is CN(C)c1ccc(C=CC(=O)Nc2cc(C(=O)O)ccc2Cl)cc1. The average Bonchev–Trinajstić information content (AvgIpc) is 2.55. The summed E-state index contributed by atoms with van der Waals surface area (Å²) in [4.78, 5) is 24.9. The molecule has 0 atom stereocenters. The quantitative estimate of drug-likeness (QED) is 0.810. The van der Waals surface area contributed by atoms with Crippen LogP contribution in [0.2, 0.25) is 5.02 Å². The number of hydrogen-bond donors (Lipinski definition) is 2. The predicted octanol–water partition coefficient (Wildman–Crippen LogP) is 3.76. The number of anilines is 2. The number of carboxylic acid groups (broad SMARTS) is 1. The molecule has 2 N–H and O–H groups in total. The summed E-state index contributed by atoms with van der Waals surface area (Å²) in [6, 6.07) is 11.8. The lowest BCUT2D eigenvalue weighted by Crippen LogP contribution is -2.09. The molecule has 124 valence electrons. The minimum absolute atomic E-state index is 0.0537. The number of nitrogens with one attached hydrogen (secondary N) is 1. The second-order valence-electron chi connectivity index (χ2n) is 5.31. The number of carboxylic acids is 1. The Bertz CT molecular complexity index is 783. The summed E-state index contributed by atoms with van der Waals surface area (Å²) >= 11 is 5.97. The molecule has 0 aromatic heterocycles. The van der Waals surface area contributed by atoms with E-state index in [1.807, 2.05) is 43.3 Å². The first-order chi connectivity index (χ1) is 11.4. The number of carbonyl (C=O) groups excluding carboxylic acids is 1. The van der Waals surface area contributed by atoms with Gasteiger partial charge < -0.3 is 15.3 Å². The number of benzene rings is 2. The third kappa shape index (κ3) is 4.60. The number of rotatable bonds is 5. The minimum atomic E-state index is -1.08. The van der Waals surface area contributed by atoms with Crippen LogP contribution < -0.4 is 10.2 Å². The van der Waals surface area contributed by atoms with Crippen molar-refractivity contribution in [2.75, 3.05) is 24.3 Å². The second kappa shape index (κ2) is 7.66. The molecule has 1 amide bonds. The molecule has 0 spiro atoms. The van der Waals surface area contributed by atoms with Crippen molar-refractivity contribution in [2.24, 2.45) is 0 Å². The van der Waals surface area contributed by atoms with Crippen LogP contribution >= 0.6 is 11.6 Å². The molecular weight excluding hydrogens is 328 g/mol. The van der Waals surface area contributed by atoms with E-state index >= 15 is 0 Å². The molecular formula is C18H17ClN2O3. The van der Waals surface area contributed by atoms with E-state index in [4.69, 9.17) is 16.7 Å². The number of hydrogen-bond acceptors (Lipinski definition) is 3. The number of nitrogens with zero attached hydrogens (tertiary/aromatic N) is 1. The lowest BCUT2D eigenvalue weighted by atomic mass is 10.2. The van der Waals surface area contributed by atoms with E-state index < -0.39 is 11.9 Å². The summed E-state index contributed by atoms with van der Waals surface area (Å²) in [5.74, 6) is -1.48. The molecule has 0 radical (unpaired) electrons. The fraction of sp³-hybridized carbons (Fsp3) is 0.111. The number of amides is 1. The Labute approximate surface area is 145 Å². The number of halogens is 1. The summed E-state index contributed by atoms with van der Waals surface area (Å²) in [5, 5.41) is 11.8. The van der Waals surface area contributed by atoms with Crippen LogP contribution in [-0.2, 0) is 4.79 Å². The highest BCUT2D eigenvalue weighted by atomic mass is 35.5. The Kier molecular flexibility index (Phi) is 5.60. The molecule has 2 aromatic carbocycles. The summed E-state index contributed by atoms with van der Waals surface area (Å²) in [7, 11) is 3.90. The molecule has 2 aromatic rings. The molecule has 0 unspecified atom stereocenters. The van der Waals surface area contributed by atoms with Gasteiger partial charge in [-0.3, -0.25) is 4.79 Å². The van der Waals surface area contributed by atoms with Crippen LogP contribution in [0.5, 0.6) is 0 Å². The van der Waals surface area contributed by atoms with Gasteiger partial charge in [-0.25, -0.2) is 4.79 Å². The van der Waals surface area contributed by atoms with Gasteiger partial charge in [0.15, 0.2) is 0 Å². The lowest BCUT2D eigenvalue weighted by Gasteiger charge is -2.11. The molecule has 0 saturated heterocycles. The highest BCUT2D eigenvalue weighted by Gasteiger charge is 2.08. The molecule has 24 heavy (non-hydrogen) atoms. The molecule has 0 fully saturated rings. The highest BCUT2D eigenvalue weighted by Crippen LogP contribution is 2.23. The van der Waals surface area contributed by atoms with Gasteiger partial charge in [0, 0.05) is 25.9 Å². The van der Waals surface area contributed by atoms with E-state index in [1.165, 1.54) is 24.3 Å². The third-order valence-corrected chi connectivity index (χ3v) is 3.64. The van der Waals surface area contributed by atoms with Crippen LogP contribution in [-0.4, -0.2) is 31.1 Å². The second-order valence-corrected chi connectivity index (χ2v) is 5.72. The van der Waals surface area contributed by atoms with Gasteiger partial charge in [-0.2, -0.15) is 0 Å². The zero-order valence-electron chi connectivity index (χ0n) is 13.3. The molecule has 0 bridgehead atoms. The van der Waals surface area contributed by atoms with Gasteiger partial charge in [0.1, 0.15) is 0 Å². The van der Waals surface area contributed by atoms with Crippen LogP contribution in [0.25, 0.3) is 6.08 Å². The zero-order chi connectivity index (χ0) is 17.7. The fourth-order valence-corrected chi connectivity index (χ4v) is 2.15. The molecule has 0 aliphatic heterocycles. The van der Waals surface area contributed by atoms with Gasteiger partial charge in [-0.1, -0.05) is 23.7 Å². The maximum atomic E-state index is 12.0. The first kappa shape index (κ1) is 17.6. The van der Waals surface area contributed by atoms with Crippen LogP contribution in [0, 0.1) is 0 Å². The van der Waals surface area contributed by atoms with Crippen molar-refractivity contribution >= 4 is 40.9 Å². The Morgan fingerprint density at radius 2 is 1.79 bits per heavy atom. The van der Waals surface area contributed by atoms with Crippen LogP contribution in [0.1, 0.15) is 15.9 Å². The molecule has 6 heteroatoms. The lowest BCUT2D eigenvalue weighted by molar-refractivity contribution is -0.111. The smallest absolute Gasteiger partial charge is 0.335 e. The van der Waals surface area contributed by atoms with Crippen molar-refractivity contribution in [3.8, 4) is 0 Å². The zero-order valence-corrected chi connectivity index (χ0v) is 14.0. The van der Waals surface area contributed by atoms with E-state index in [1.54, 1.807) is 6.08 Å². The van der Waals surface area contributed by atoms with E-state index in [-0.39, 0.29) is 16.3 Å². The van der Waals surface area contributed by atoms with E-state index in [9.17, 15) is 9.59 Å². The molecule has 0 aliphatic carbocycles. The van der Waals surface area contributed by atoms with Crippen LogP contribution in [0.4, 0.5) is 11.4 Å². The topological polar surface area (TPSA) is 69.6 Å². The van der Waals surface area contributed by atoms with Gasteiger partial charge >= 0.3 is 5.97 Å². The van der Waals surface area contributed by atoms with Crippen LogP contribution in [0.15, 0.2) is 48.5 Å². The first-order valence-electron chi connectivity index (χ1n) is 7.16. The first-order valence-corrected chi connectivity index (χ1v) is 7.54. The Morgan fingerprint density at radius 3 is 2.38 bits per heavy atom. The van der Waals surface area contributed by atoms with Gasteiger partial charge in [0.05, 0.1) is 16.3 Å². The van der Waals surface area contributed by atoms with E-state index in [0.717, 1.165) is 11.3 Å². The Morgan fingerprint density at radius 1 is 1.12 bits per heavy atom. The normalized spacial score (nSPS) is 10.6. The summed E-state index contributed by atoms with van der Waals surface area (Å²) in [6.45, 7) is 0. The Hall–Kier alpha value is -2.79. The van der Waals surface area contributed by atoms with Crippen molar-refractivity contribution in [2.45, 2.75) is 0 Å². The van der Waals surface area contributed by atoms with E-state index in [0.29, 0.717) is 0 Å². The standard InChI is InChI=1S/C18H17ClN2O3/c1-21(2)14-7-3-12(4-8-14)5-10-17(22)20-16-11-13(18(23)24)6-9-15(16)19/h3-11H,1-2H3,(H,20,22)(H,23,24). The number of aromatic carboxylic acids is 1. The molecule has 2 rings (SSSR count). The van der Waals surface area contributed by atoms with E-state index in [2.05, 4.69) is 5.32 Å². The predicted molar refractivity (Wildman–Crippen MR) is 96.8 cm³/mol. The highest BCUT2D eigenvalue weighted by molar-refractivity contribution is 6.34. The molecule has 0 heterocycles. The summed E-state index contributed by atoms with van der Waals surface area (Å²) in [5.41, 5.74) is 2.25. The molecule has 0 saturated carbocycles. The van der Waals surface area contributed by atoms with Crippen LogP contribution in [0.3, 0.4) is 0 Å². The minimum Gasteiger partial charge on any atom is -0.478 e. The summed E-state index contributed by atoms with van der Waals surface area (Å²) < 4.78 is 0. The fourth-order valence-electron chi connectivity index (χ4n) is 1.98. The van der Waals surface area contributed by atoms with Crippen molar-refractivity contribution in [1.29, 1.82) is 0 Å². The maximum absolute atomic E-state index is 12.0. The van der Waals surface area contributed by atoms with Gasteiger partial charge in [-0.05, 0) is 42.0 Å². The van der Waals surface area contributed by atoms with Gasteiger partial charge in [0.2, 0.25) is 5.91 Å². The van der Waals surface area contributed by atoms with Gasteiger partial charge in [-0.15, -0.1) is 0 Å². The van der Waals surface area contributed by atoms with Crippen molar-refractivity contribution < 1.29 is 14.7 Å². The maximum Gasteiger partial charge on any atom is 0.335 e. The largest absolute Gasteiger partial charge is 0.478 e. The Balaban J connectivity index is 2.07. The monoisotopic (exact) mass is 344 g/mol. The van der Waals surface area contributed by atoms with Crippen molar-refractivity contribution in [1.82, 2.24) is 0 Å². The molecule has 0 aliphatic rings. The third-order valence-electron chi connectivity index (χ3n) is 3.31.